The van der Waals surface area contributed by atoms with Crippen LogP contribution in [0.2, 0.25) is 0 Å². The Hall–Kier alpha value is -1.70. The highest BCUT2D eigenvalue weighted by Gasteiger charge is 2.24. The zero-order chi connectivity index (χ0) is 13.9. The van der Waals surface area contributed by atoms with E-state index >= 15 is 0 Å². The second kappa shape index (κ2) is 5.52. The van der Waals surface area contributed by atoms with Crippen molar-refractivity contribution in [3.63, 3.8) is 0 Å². The predicted molar refractivity (Wildman–Crippen MR) is 67.5 cm³/mol. The number of nitrogens with zero attached hydrogens (tertiary/aromatic N) is 2. The van der Waals surface area contributed by atoms with Crippen LogP contribution >= 0.6 is 0 Å². The molecule has 0 unspecified atom stereocenters. The third-order valence-electron chi connectivity index (χ3n) is 2.57. The van der Waals surface area contributed by atoms with Gasteiger partial charge in [-0.15, -0.1) is 0 Å². The van der Waals surface area contributed by atoms with E-state index in [2.05, 4.69) is 4.98 Å². The number of aliphatic hydroxyl groups excluding tert-OH is 1. The van der Waals surface area contributed by atoms with Crippen LogP contribution < -0.4 is 0 Å². The molecule has 0 radical (unpaired) electrons. The van der Waals surface area contributed by atoms with Crippen LogP contribution in [0.4, 0.5) is 0 Å². The molecular formula is C12H14N2O4S. The third kappa shape index (κ3) is 3.01. The molecule has 0 saturated carbocycles. The molecule has 0 aliphatic rings. The molecule has 0 aliphatic heterocycles. The first-order valence-corrected chi connectivity index (χ1v) is 7.04. The lowest BCUT2D eigenvalue weighted by Crippen LogP contribution is -2.26. The fourth-order valence-electron chi connectivity index (χ4n) is 1.54. The first-order chi connectivity index (χ1) is 9.04. The van der Waals surface area contributed by atoms with Gasteiger partial charge in [-0.1, -0.05) is 6.07 Å². The first-order valence-electron chi connectivity index (χ1n) is 5.60. The number of aliphatic hydroxyl groups is 1. The summed E-state index contributed by atoms with van der Waals surface area (Å²) < 4.78 is 30.6. The van der Waals surface area contributed by atoms with Gasteiger partial charge in [0.2, 0.25) is 5.09 Å². The van der Waals surface area contributed by atoms with Gasteiger partial charge in [-0.3, -0.25) is 4.98 Å². The molecule has 2 aromatic rings. The molecule has 0 amide bonds. The Labute approximate surface area is 111 Å². The van der Waals surface area contributed by atoms with Gasteiger partial charge in [-0.2, -0.15) is 4.31 Å². The molecule has 2 heterocycles. The minimum atomic E-state index is -3.71. The number of sulfonamides is 1. The standard InChI is InChI=1S/C12H14N2O4S/c1-14(8-10-4-2-3-7-13-10)19(16,17)12-6-5-11(9-15)18-12/h2-7,15H,8-9H2,1H3. The molecular weight excluding hydrogens is 268 g/mol. The fourth-order valence-corrected chi connectivity index (χ4v) is 2.60. The zero-order valence-corrected chi connectivity index (χ0v) is 11.2. The lowest BCUT2D eigenvalue weighted by Gasteiger charge is -2.14. The Balaban J connectivity index is 2.19. The highest BCUT2D eigenvalue weighted by atomic mass is 32.2. The Kier molecular flexibility index (Phi) is 3.98. The smallest absolute Gasteiger partial charge is 0.276 e. The Morgan fingerprint density at radius 3 is 2.68 bits per heavy atom. The van der Waals surface area contributed by atoms with Crippen molar-refractivity contribution in [2.45, 2.75) is 18.2 Å². The highest BCUT2D eigenvalue weighted by molar-refractivity contribution is 7.88. The van der Waals surface area contributed by atoms with Gasteiger partial charge >= 0.3 is 0 Å². The van der Waals surface area contributed by atoms with Crippen molar-refractivity contribution in [3.8, 4) is 0 Å². The Morgan fingerprint density at radius 2 is 2.11 bits per heavy atom. The molecule has 0 fully saturated rings. The largest absolute Gasteiger partial charge is 0.446 e. The maximum Gasteiger partial charge on any atom is 0.276 e. The van der Waals surface area contributed by atoms with Gasteiger partial charge in [0.1, 0.15) is 12.4 Å². The number of aromatic nitrogens is 1. The lowest BCUT2D eigenvalue weighted by atomic mass is 10.3. The average molecular weight is 282 g/mol. The van der Waals surface area contributed by atoms with Gasteiger partial charge < -0.3 is 9.52 Å². The molecule has 0 spiro atoms. The van der Waals surface area contributed by atoms with E-state index < -0.39 is 10.0 Å². The van der Waals surface area contributed by atoms with Gasteiger partial charge in [0.25, 0.3) is 10.0 Å². The monoisotopic (exact) mass is 282 g/mol. The average Bonchev–Trinajstić information content (AvgIpc) is 2.89. The number of hydrogen-bond acceptors (Lipinski definition) is 5. The van der Waals surface area contributed by atoms with Gasteiger partial charge in [0.15, 0.2) is 0 Å². The summed E-state index contributed by atoms with van der Waals surface area (Å²) in [5, 5.41) is 8.69. The molecule has 6 nitrogen and oxygen atoms in total. The maximum atomic E-state index is 12.2. The molecule has 1 N–H and O–H groups in total. The summed E-state index contributed by atoms with van der Waals surface area (Å²) in [4.78, 5) is 4.07. The number of rotatable bonds is 5. The van der Waals surface area contributed by atoms with Crippen molar-refractivity contribution in [2.75, 3.05) is 7.05 Å². The van der Waals surface area contributed by atoms with Crippen LogP contribution in [0, 0.1) is 0 Å². The van der Waals surface area contributed by atoms with Gasteiger partial charge in [0.05, 0.1) is 12.2 Å². The summed E-state index contributed by atoms with van der Waals surface area (Å²) in [6, 6.07) is 8.06. The molecule has 102 valence electrons. The van der Waals surface area contributed by atoms with Crippen molar-refractivity contribution in [1.82, 2.24) is 9.29 Å². The fraction of sp³-hybridized carbons (Fsp3) is 0.250. The van der Waals surface area contributed by atoms with Gasteiger partial charge in [-0.05, 0) is 24.3 Å². The van der Waals surface area contributed by atoms with E-state index in [1.807, 2.05) is 0 Å². The Morgan fingerprint density at radius 1 is 1.32 bits per heavy atom. The number of hydrogen-bond donors (Lipinski definition) is 1. The van der Waals surface area contributed by atoms with Crippen LogP contribution in [0.15, 0.2) is 46.0 Å². The second-order valence-corrected chi connectivity index (χ2v) is 5.94. The molecule has 0 saturated heterocycles. The van der Waals surface area contributed by atoms with Crippen molar-refractivity contribution in [1.29, 1.82) is 0 Å². The van der Waals surface area contributed by atoms with Gasteiger partial charge in [-0.25, -0.2) is 8.42 Å². The highest BCUT2D eigenvalue weighted by Crippen LogP contribution is 2.19. The summed E-state index contributed by atoms with van der Waals surface area (Å²) in [6.07, 6.45) is 1.60. The summed E-state index contributed by atoms with van der Waals surface area (Å²) >= 11 is 0. The quantitative estimate of drug-likeness (QED) is 0.884. The lowest BCUT2D eigenvalue weighted by molar-refractivity contribution is 0.235. The van der Waals surface area contributed by atoms with Crippen LogP contribution in [0.25, 0.3) is 0 Å². The Bertz CT molecular complexity index is 637. The first kappa shape index (κ1) is 13.7. The number of pyridine rings is 1. The maximum absolute atomic E-state index is 12.2. The van der Waals surface area contributed by atoms with E-state index in [4.69, 9.17) is 9.52 Å². The predicted octanol–water partition coefficient (Wildman–Crippen LogP) is 0.988. The van der Waals surface area contributed by atoms with Crippen LogP contribution in [0.1, 0.15) is 11.5 Å². The van der Waals surface area contributed by atoms with Crippen molar-refractivity contribution in [3.05, 3.63) is 48.0 Å². The van der Waals surface area contributed by atoms with E-state index in [0.717, 1.165) is 4.31 Å². The molecule has 7 heteroatoms. The van der Waals surface area contributed by atoms with Gasteiger partial charge in [0, 0.05) is 13.2 Å². The van der Waals surface area contributed by atoms with E-state index in [1.54, 1.807) is 24.4 Å². The minimum Gasteiger partial charge on any atom is -0.446 e. The van der Waals surface area contributed by atoms with Crippen molar-refractivity contribution in [2.24, 2.45) is 0 Å². The van der Waals surface area contributed by atoms with Crippen molar-refractivity contribution >= 4 is 10.0 Å². The van der Waals surface area contributed by atoms with E-state index in [0.29, 0.717) is 5.69 Å². The SMILES string of the molecule is CN(Cc1ccccn1)S(=O)(=O)c1ccc(CO)o1. The third-order valence-corrected chi connectivity index (χ3v) is 4.25. The number of furan rings is 1. The summed E-state index contributed by atoms with van der Waals surface area (Å²) in [6.45, 7) is -0.183. The van der Waals surface area contributed by atoms with Crippen LogP contribution in [0.3, 0.4) is 0 Å². The molecule has 2 aromatic heterocycles. The minimum absolute atomic E-state index is 0.151. The molecule has 0 bridgehead atoms. The van der Waals surface area contributed by atoms with E-state index in [1.165, 1.54) is 19.2 Å². The van der Waals surface area contributed by atoms with Crippen LogP contribution in [-0.4, -0.2) is 29.9 Å². The molecule has 0 aromatic carbocycles. The molecule has 19 heavy (non-hydrogen) atoms. The normalized spacial score (nSPS) is 11.9. The van der Waals surface area contributed by atoms with Crippen LogP contribution in [0.5, 0.6) is 0 Å². The summed E-state index contributed by atoms with van der Waals surface area (Å²) in [5.74, 6) is 0.213. The van der Waals surface area contributed by atoms with Crippen LogP contribution in [-0.2, 0) is 23.2 Å². The van der Waals surface area contributed by atoms with Crippen molar-refractivity contribution < 1.29 is 17.9 Å². The second-order valence-electron chi connectivity index (χ2n) is 3.96. The van der Waals surface area contributed by atoms with E-state index in [9.17, 15) is 8.42 Å². The molecule has 0 aliphatic carbocycles. The summed E-state index contributed by atoms with van der Waals surface area (Å²) in [5.41, 5.74) is 0.641. The summed E-state index contributed by atoms with van der Waals surface area (Å²) in [7, 11) is -2.26. The molecule has 0 atom stereocenters. The van der Waals surface area contributed by atoms with E-state index in [-0.39, 0.29) is 24.0 Å². The molecule has 2 rings (SSSR count). The topological polar surface area (TPSA) is 83.6 Å². The zero-order valence-electron chi connectivity index (χ0n) is 10.4.